The molecule has 0 aromatic heterocycles. The van der Waals surface area contributed by atoms with Crippen molar-refractivity contribution in [1.82, 2.24) is 26.6 Å². The fourth-order valence-corrected chi connectivity index (χ4v) is 11.3. The third-order valence-electron chi connectivity index (χ3n) is 17.9. The number of ether oxygens (including phenoxy) is 8. The van der Waals surface area contributed by atoms with E-state index in [4.69, 9.17) is 48.1 Å². The van der Waals surface area contributed by atoms with Crippen molar-refractivity contribution >= 4 is 82.3 Å². The Kier molecular flexibility index (Phi) is 73.9. The molecule has 646 valence electrons. The van der Waals surface area contributed by atoms with Crippen molar-refractivity contribution in [3.63, 3.8) is 0 Å². The maximum Gasteiger partial charge on any atom is 0.326 e. The number of hydrogen-bond donors (Lipinski definition) is 9. The second-order valence-corrected chi connectivity index (χ2v) is 28.0. The topological polar surface area (TPSA) is 454 Å². The Hall–Kier alpha value is -6.74. The fourth-order valence-electron chi connectivity index (χ4n) is 11.3. The standard InChI is InChI=1S/C54H94N4O18.C26H47NO8.2H2/c1-42(17-12-14-24-56-51(65)41-76-36-33-72-29-26-55-44(3)60)49(63)38-45(43(2)59)18-13-15-25-57-52(66)40-75-35-31-71-28-16-20-48(62)39-74-34-32-73-30-27-58-50(64)23-22-46(54(69)70)37-47(61)19-10-8-6-4-5-7-9-11-21-53(67)68;1-2-34-20-21-35-19-13-14-22(28)17-18-23(26(32)33)27-24(29)15-11-9-7-5-3-4-6-8-10-12-16-25(30)31;;/h42,45-46H,4-41H2,1-3H3,(H,55,60)(H,56,65)(H,57,66)(H,58,64)(H,67,68)(H,69,70);23H,2-21H2,1H3,(H,27,29)(H,30,31)(H,32,33);2*1H/t42-,45+,46+;23-;;/m00../s1. The minimum absolute atomic E-state index is 0. The first-order valence-corrected chi connectivity index (χ1v) is 40.8. The Balaban J connectivity index is -0.00000134. The van der Waals surface area contributed by atoms with E-state index in [1.807, 2.05) is 13.8 Å². The van der Waals surface area contributed by atoms with Crippen LogP contribution in [0.1, 0.15) is 275 Å². The first kappa shape index (κ1) is 106. The number of unbranched alkanes of at least 4 members (excludes halogenated alkanes) is 18. The Morgan fingerprint density at radius 1 is 0.315 bits per heavy atom. The summed E-state index contributed by atoms with van der Waals surface area (Å²) in [4.78, 5) is 165. The van der Waals surface area contributed by atoms with Crippen LogP contribution in [0.4, 0.5) is 0 Å². The van der Waals surface area contributed by atoms with Crippen LogP contribution in [0.15, 0.2) is 0 Å². The molecule has 0 bridgehead atoms. The van der Waals surface area contributed by atoms with E-state index < -0.39 is 35.8 Å². The zero-order valence-electron chi connectivity index (χ0n) is 67.6. The molecule has 0 rings (SSSR count). The van der Waals surface area contributed by atoms with E-state index in [1.54, 1.807) is 0 Å². The Labute approximate surface area is 662 Å². The molecule has 0 aromatic carbocycles. The Morgan fingerprint density at radius 3 is 1.20 bits per heavy atom. The van der Waals surface area contributed by atoms with Crippen LogP contribution in [-0.2, 0) is 105 Å². The van der Waals surface area contributed by atoms with Gasteiger partial charge in [-0.25, -0.2) is 4.79 Å². The van der Waals surface area contributed by atoms with Gasteiger partial charge in [-0.3, -0.25) is 62.3 Å². The molecule has 111 heavy (non-hydrogen) atoms. The van der Waals surface area contributed by atoms with Gasteiger partial charge in [-0.1, -0.05) is 110 Å². The van der Waals surface area contributed by atoms with Gasteiger partial charge < -0.3 is 84.9 Å². The monoisotopic (exact) mass is 1590 g/mol. The number of hydrogen-bond acceptors (Lipinski definition) is 22. The summed E-state index contributed by atoms with van der Waals surface area (Å²) in [6.45, 7) is 12.4. The molecular weight excluding hydrogens is 1450 g/mol. The lowest BCUT2D eigenvalue weighted by atomic mass is 9.87. The number of carboxylic acids is 4. The van der Waals surface area contributed by atoms with E-state index in [1.165, 1.54) is 13.8 Å². The first-order valence-electron chi connectivity index (χ1n) is 40.8. The highest BCUT2D eigenvalue weighted by atomic mass is 16.5. The molecule has 0 aliphatic heterocycles. The molecule has 31 nitrogen and oxygen atoms in total. The van der Waals surface area contributed by atoms with Crippen LogP contribution >= 0.6 is 0 Å². The van der Waals surface area contributed by atoms with Crippen LogP contribution in [-0.4, -0.2) is 241 Å². The minimum Gasteiger partial charge on any atom is -0.481 e. The molecular formula is C80H145N5O26. The number of aliphatic carboxylic acids is 4. The number of Topliss-reactive ketones (excluding diaryl/α,β-unsaturated/α-hetero) is 5. The van der Waals surface area contributed by atoms with Crippen LogP contribution in [0, 0.1) is 17.8 Å². The van der Waals surface area contributed by atoms with Crippen molar-refractivity contribution in [1.29, 1.82) is 0 Å². The molecule has 0 unspecified atom stereocenters. The van der Waals surface area contributed by atoms with Gasteiger partial charge in [0.2, 0.25) is 29.5 Å². The number of amides is 5. The quantitative estimate of drug-likeness (QED) is 0.0256. The van der Waals surface area contributed by atoms with Gasteiger partial charge in [-0.15, -0.1) is 0 Å². The summed E-state index contributed by atoms with van der Waals surface area (Å²) in [6.07, 6.45) is 24.2. The molecule has 0 aliphatic rings. The molecule has 4 atom stereocenters. The highest BCUT2D eigenvalue weighted by Crippen LogP contribution is 2.21. The average Bonchev–Trinajstić information content (AvgIpc) is 0.785. The predicted molar refractivity (Wildman–Crippen MR) is 419 cm³/mol. The predicted octanol–water partition coefficient (Wildman–Crippen LogP) is 9.48. The normalized spacial score (nSPS) is 12.1. The van der Waals surface area contributed by atoms with Gasteiger partial charge in [0.1, 0.15) is 49.0 Å². The molecule has 0 spiro atoms. The van der Waals surface area contributed by atoms with Crippen LogP contribution in [0.3, 0.4) is 0 Å². The number of rotatable bonds is 82. The molecule has 0 saturated heterocycles. The van der Waals surface area contributed by atoms with Gasteiger partial charge >= 0.3 is 23.9 Å². The highest BCUT2D eigenvalue weighted by molar-refractivity contribution is 5.88. The number of nitrogens with one attached hydrogen (secondary N) is 5. The van der Waals surface area contributed by atoms with Crippen molar-refractivity contribution in [3.05, 3.63) is 0 Å². The maximum absolute atomic E-state index is 12.9. The summed E-state index contributed by atoms with van der Waals surface area (Å²) < 4.78 is 42.7. The summed E-state index contributed by atoms with van der Waals surface area (Å²) in [6, 6.07) is -1.04. The molecule has 0 fully saturated rings. The molecule has 5 amide bonds. The van der Waals surface area contributed by atoms with Crippen molar-refractivity contribution < 1.29 is 128 Å². The molecule has 9 N–H and O–H groups in total. The third kappa shape index (κ3) is 77.0. The lowest BCUT2D eigenvalue weighted by Crippen LogP contribution is -2.41. The van der Waals surface area contributed by atoms with Gasteiger partial charge in [0.05, 0.1) is 72.0 Å². The Bertz CT molecular complexity index is 2540. The summed E-state index contributed by atoms with van der Waals surface area (Å²) in [5, 5.41) is 49.6. The van der Waals surface area contributed by atoms with Crippen LogP contribution in [0.5, 0.6) is 0 Å². The summed E-state index contributed by atoms with van der Waals surface area (Å²) >= 11 is 0. The van der Waals surface area contributed by atoms with Crippen LogP contribution < -0.4 is 26.6 Å². The van der Waals surface area contributed by atoms with Crippen molar-refractivity contribution in [3.8, 4) is 0 Å². The zero-order chi connectivity index (χ0) is 82.6. The maximum atomic E-state index is 12.9. The largest absolute Gasteiger partial charge is 0.481 e. The zero-order valence-corrected chi connectivity index (χ0v) is 67.6. The number of carbonyl (C=O) groups excluding carboxylic acids is 10. The average molecular weight is 1590 g/mol. The summed E-state index contributed by atoms with van der Waals surface area (Å²) in [5.41, 5.74) is 0. The molecule has 0 saturated carbocycles. The SMILES string of the molecule is CC(=O)NCCOCCOCC(=O)NCCCC[C@H](C)C(=O)C[C@@H](CCCCNC(=O)COCCOCCCC(=O)COCCOCCNC(=O)CC[C@H](CC(=O)CCCCCCCCCCC(=O)O)C(=O)O)C(C)=O.CCOCCOCCCC(=O)CC[C@H](NC(=O)CCCCCCCCCCCCC(=O)O)C(=O)O.[HH].[HH]. The van der Waals surface area contributed by atoms with Gasteiger partial charge in [0.15, 0.2) is 5.78 Å². The van der Waals surface area contributed by atoms with E-state index >= 15 is 0 Å². The van der Waals surface area contributed by atoms with Crippen molar-refractivity contribution in [2.24, 2.45) is 17.8 Å². The number of ketones is 5. The molecule has 0 aliphatic carbocycles. The van der Waals surface area contributed by atoms with Gasteiger partial charge in [-0.05, 0) is 90.9 Å². The molecule has 31 heteroatoms. The third-order valence-corrected chi connectivity index (χ3v) is 17.9. The second-order valence-electron chi connectivity index (χ2n) is 28.0. The minimum atomic E-state index is -1.12. The van der Waals surface area contributed by atoms with Gasteiger partial charge in [-0.2, -0.15) is 0 Å². The lowest BCUT2D eigenvalue weighted by Gasteiger charge is -2.16. The Morgan fingerprint density at radius 2 is 0.730 bits per heavy atom. The second kappa shape index (κ2) is 77.2. The van der Waals surface area contributed by atoms with Crippen molar-refractivity contribution in [2.45, 2.75) is 278 Å². The van der Waals surface area contributed by atoms with E-state index in [0.29, 0.717) is 143 Å². The van der Waals surface area contributed by atoms with Gasteiger partial charge in [0, 0.05) is 132 Å². The van der Waals surface area contributed by atoms with E-state index in [0.717, 1.165) is 109 Å². The van der Waals surface area contributed by atoms with Crippen LogP contribution in [0.2, 0.25) is 0 Å². The smallest absolute Gasteiger partial charge is 0.326 e. The molecule has 0 radical (unpaired) electrons. The number of carboxylic acid groups (broad SMARTS) is 4. The lowest BCUT2D eigenvalue weighted by molar-refractivity contribution is -0.144. The first-order chi connectivity index (χ1) is 53.4. The summed E-state index contributed by atoms with van der Waals surface area (Å²) in [5.74, 6) is -6.71. The van der Waals surface area contributed by atoms with E-state index in [-0.39, 0.29) is 197 Å². The summed E-state index contributed by atoms with van der Waals surface area (Å²) in [7, 11) is 0. The fraction of sp³-hybridized carbons (Fsp3) is 0.825. The van der Waals surface area contributed by atoms with Crippen molar-refractivity contribution in [2.75, 3.05) is 132 Å². The highest BCUT2D eigenvalue weighted by Gasteiger charge is 2.25. The van der Waals surface area contributed by atoms with Crippen LogP contribution in [0.25, 0.3) is 0 Å². The molecule has 0 aromatic rings. The number of carbonyl (C=O) groups is 14. The molecule has 0 heterocycles. The van der Waals surface area contributed by atoms with E-state index in [2.05, 4.69) is 26.6 Å². The van der Waals surface area contributed by atoms with Gasteiger partial charge in [0.25, 0.3) is 0 Å². The van der Waals surface area contributed by atoms with E-state index in [9.17, 15) is 77.3 Å².